The minimum absolute atomic E-state index is 0. The summed E-state index contributed by atoms with van der Waals surface area (Å²) in [5.41, 5.74) is 3.28. The first-order valence-electron chi connectivity index (χ1n) is 12.7. The standard InChI is InChI=1S/C30H32N2O5.ClH/c1-35-29(33)24-12-10-21(11-13-24)20-36-26-9-5-8-25(18-26)28(23-6-3-2-4-7-23)31-30(34)37-27-19-32-16-14-22(27)15-17-32;/h2-13,18,22,27-28H,14-17,19-20H2,1H3,(H,31,34);1H/t27?,28-;/m0./s1. The van der Waals surface area contributed by atoms with Gasteiger partial charge in [-0.25, -0.2) is 9.59 Å². The van der Waals surface area contributed by atoms with E-state index in [0.717, 1.165) is 49.2 Å². The van der Waals surface area contributed by atoms with Crippen molar-refractivity contribution in [2.45, 2.75) is 31.6 Å². The number of rotatable bonds is 8. The molecule has 3 fully saturated rings. The number of hydrogen-bond donors (Lipinski definition) is 1. The molecule has 3 aliphatic rings. The SMILES string of the molecule is COC(=O)c1ccc(COc2cccc([C@@H](NC(=O)OC3CN4CCC3CC4)c3ccccc3)c2)cc1.Cl. The van der Waals surface area contributed by atoms with Gasteiger partial charge in [-0.1, -0.05) is 54.6 Å². The summed E-state index contributed by atoms with van der Waals surface area (Å²) in [5, 5.41) is 3.10. The number of esters is 1. The van der Waals surface area contributed by atoms with Gasteiger partial charge in [-0.15, -0.1) is 12.4 Å². The van der Waals surface area contributed by atoms with Crippen LogP contribution >= 0.6 is 12.4 Å². The first-order valence-corrected chi connectivity index (χ1v) is 12.7. The van der Waals surface area contributed by atoms with Crippen molar-refractivity contribution in [1.29, 1.82) is 0 Å². The van der Waals surface area contributed by atoms with Crippen LogP contribution in [0.1, 0.15) is 45.9 Å². The predicted molar refractivity (Wildman–Crippen MR) is 147 cm³/mol. The number of carbonyl (C=O) groups excluding carboxylic acids is 2. The third-order valence-electron chi connectivity index (χ3n) is 7.22. The van der Waals surface area contributed by atoms with E-state index in [4.69, 9.17) is 14.2 Å². The Hall–Kier alpha value is -3.55. The van der Waals surface area contributed by atoms with Crippen molar-refractivity contribution >= 4 is 24.5 Å². The number of methoxy groups -OCH3 is 1. The first kappa shape index (κ1) is 27.5. The van der Waals surface area contributed by atoms with Crippen LogP contribution in [0.4, 0.5) is 4.79 Å². The lowest BCUT2D eigenvalue weighted by Crippen LogP contribution is -2.52. The summed E-state index contributed by atoms with van der Waals surface area (Å²) >= 11 is 0. The van der Waals surface area contributed by atoms with Crippen LogP contribution in [0.3, 0.4) is 0 Å². The van der Waals surface area contributed by atoms with E-state index >= 15 is 0 Å². The van der Waals surface area contributed by atoms with Crippen LogP contribution in [-0.4, -0.2) is 49.8 Å². The molecule has 3 aromatic rings. The number of nitrogens with zero attached hydrogens (tertiary/aromatic N) is 1. The van der Waals surface area contributed by atoms with Crippen molar-refractivity contribution in [2.75, 3.05) is 26.7 Å². The lowest BCUT2D eigenvalue weighted by molar-refractivity contribution is -0.0336. The summed E-state index contributed by atoms with van der Waals surface area (Å²) < 4.78 is 16.7. The summed E-state index contributed by atoms with van der Waals surface area (Å²) in [6.45, 7) is 3.36. The number of carbonyl (C=O) groups is 2. The van der Waals surface area contributed by atoms with Gasteiger partial charge in [0.1, 0.15) is 18.5 Å². The third-order valence-corrected chi connectivity index (χ3v) is 7.22. The van der Waals surface area contributed by atoms with Crippen LogP contribution in [-0.2, 0) is 16.1 Å². The molecular formula is C30H33ClN2O5. The van der Waals surface area contributed by atoms with E-state index in [1.807, 2.05) is 66.7 Å². The highest BCUT2D eigenvalue weighted by atomic mass is 35.5. The molecule has 0 spiro atoms. The van der Waals surface area contributed by atoms with Gasteiger partial charge in [-0.3, -0.25) is 4.90 Å². The average Bonchev–Trinajstić information content (AvgIpc) is 2.96. The van der Waals surface area contributed by atoms with Gasteiger partial charge in [-0.05, 0) is 72.8 Å². The molecule has 2 atom stereocenters. The van der Waals surface area contributed by atoms with Crippen LogP contribution in [0.25, 0.3) is 0 Å². The minimum Gasteiger partial charge on any atom is -0.489 e. The number of ether oxygens (including phenoxy) is 3. The molecule has 3 heterocycles. The maximum absolute atomic E-state index is 13.0. The fourth-order valence-corrected chi connectivity index (χ4v) is 5.14. The minimum atomic E-state index is -0.398. The Bertz CT molecular complexity index is 1210. The Balaban J connectivity index is 0.00000336. The van der Waals surface area contributed by atoms with E-state index < -0.39 is 6.09 Å². The Morgan fingerprint density at radius 2 is 1.66 bits per heavy atom. The van der Waals surface area contributed by atoms with Gasteiger partial charge in [-0.2, -0.15) is 0 Å². The second kappa shape index (κ2) is 12.8. The zero-order valence-corrected chi connectivity index (χ0v) is 22.2. The topological polar surface area (TPSA) is 77.1 Å². The van der Waals surface area contributed by atoms with Gasteiger partial charge in [0, 0.05) is 6.54 Å². The number of amides is 1. The Kier molecular flexibility index (Phi) is 9.26. The second-order valence-electron chi connectivity index (χ2n) is 9.62. The summed E-state index contributed by atoms with van der Waals surface area (Å²) in [4.78, 5) is 27.0. The molecule has 38 heavy (non-hydrogen) atoms. The number of fused-ring (bicyclic) bond motifs is 3. The maximum atomic E-state index is 13.0. The Morgan fingerprint density at radius 1 is 0.947 bits per heavy atom. The number of nitrogens with one attached hydrogen (secondary N) is 1. The number of piperidine rings is 3. The highest BCUT2D eigenvalue weighted by Gasteiger charge is 2.36. The van der Waals surface area contributed by atoms with Gasteiger partial charge < -0.3 is 19.5 Å². The smallest absolute Gasteiger partial charge is 0.408 e. The van der Waals surface area contributed by atoms with Crippen LogP contribution in [0, 0.1) is 5.92 Å². The number of alkyl carbamates (subject to hydrolysis) is 1. The van der Waals surface area contributed by atoms with Crippen molar-refractivity contribution in [3.8, 4) is 5.75 Å². The first-order chi connectivity index (χ1) is 18.1. The largest absolute Gasteiger partial charge is 0.489 e. The zero-order valence-electron chi connectivity index (χ0n) is 21.4. The number of hydrogen-bond acceptors (Lipinski definition) is 6. The Morgan fingerprint density at radius 3 is 2.32 bits per heavy atom. The van der Waals surface area contributed by atoms with Gasteiger partial charge >= 0.3 is 12.1 Å². The van der Waals surface area contributed by atoms with E-state index in [0.29, 0.717) is 23.8 Å². The molecule has 1 N–H and O–H groups in total. The fourth-order valence-electron chi connectivity index (χ4n) is 5.14. The molecule has 0 aromatic heterocycles. The van der Waals surface area contributed by atoms with E-state index in [1.54, 1.807) is 12.1 Å². The van der Waals surface area contributed by atoms with Crippen LogP contribution in [0.5, 0.6) is 5.75 Å². The zero-order chi connectivity index (χ0) is 25.6. The second-order valence-corrected chi connectivity index (χ2v) is 9.62. The molecule has 1 amide bonds. The lowest BCUT2D eigenvalue weighted by atomic mass is 9.86. The molecule has 2 bridgehead atoms. The van der Waals surface area contributed by atoms with Crippen molar-refractivity contribution < 1.29 is 23.8 Å². The molecule has 0 aliphatic carbocycles. The normalized spacial score (nSPS) is 20.5. The highest BCUT2D eigenvalue weighted by Crippen LogP contribution is 2.30. The summed E-state index contributed by atoms with van der Waals surface area (Å²) in [5.74, 6) is 0.763. The monoisotopic (exact) mass is 536 g/mol. The molecule has 6 rings (SSSR count). The Labute approximate surface area is 229 Å². The van der Waals surface area contributed by atoms with E-state index in [1.165, 1.54) is 7.11 Å². The molecule has 0 saturated carbocycles. The highest BCUT2D eigenvalue weighted by molar-refractivity contribution is 5.89. The van der Waals surface area contributed by atoms with Crippen molar-refractivity contribution in [3.63, 3.8) is 0 Å². The van der Waals surface area contributed by atoms with Gasteiger partial charge in [0.25, 0.3) is 0 Å². The molecular weight excluding hydrogens is 504 g/mol. The quantitative estimate of drug-likeness (QED) is 0.389. The lowest BCUT2D eigenvalue weighted by Gasteiger charge is -2.43. The van der Waals surface area contributed by atoms with Crippen molar-refractivity contribution in [1.82, 2.24) is 10.2 Å². The summed E-state index contributed by atoms with van der Waals surface area (Å²) in [7, 11) is 1.36. The van der Waals surface area contributed by atoms with Crippen LogP contribution in [0.2, 0.25) is 0 Å². The fraction of sp³-hybridized carbons (Fsp3) is 0.333. The van der Waals surface area contributed by atoms with Crippen LogP contribution < -0.4 is 10.1 Å². The van der Waals surface area contributed by atoms with Gasteiger partial charge in [0.2, 0.25) is 0 Å². The molecule has 8 heteroatoms. The molecule has 3 saturated heterocycles. The molecule has 200 valence electrons. The van der Waals surface area contributed by atoms with Crippen molar-refractivity contribution in [3.05, 3.63) is 101 Å². The maximum Gasteiger partial charge on any atom is 0.408 e. The van der Waals surface area contributed by atoms with E-state index in [9.17, 15) is 9.59 Å². The molecule has 3 aromatic carbocycles. The average molecular weight is 537 g/mol. The third kappa shape index (κ3) is 6.65. The van der Waals surface area contributed by atoms with Crippen molar-refractivity contribution in [2.24, 2.45) is 5.92 Å². The molecule has 0 radical (unpaired) electrons. The summed E-state index contributed by atoms with van der Waals surface area (Å²) in [6.07, 6.45) is 1.72. The van der Waals surface area contributed by atoms with Gasteiger partial charge in [0.05, 0.1) is 18.7 Å². The van der Waals surface area contributed by atoms with Gasteiger partial charge in [0.15, 0.2) is 0 Å². The molecule has 1 unspecified atom stereocenters. The molecule has 3 aliphatic heterocycles. The van der Waals surface area contributed by atoms with E-state index in [-0.39, 0.29) is 30.5 Å². The van der Waals surface area contributed by atoms with E-state index in [2.05, 4.69) is 10.2 Å². The predicted octanol–water partition coefficient (Wildman–Crippen LogP) is 5.38. The molecule has 7 nitrogen and oxygen atoms in total. The summed E-state index contributed by atoms with van der Waals surface area (Å²) in [6, 6.07) is 24.3. The van der Waals surface area contributed by atoms with Crippen LogP contribution in [0.15, 0.2) is 78.9 Å². The number of halogens is 1. The number of benzene rings is 3.